The summed E-state index contributed by atoms with van der Waals surface area (Å²) < 4.78 is 64.8. The van der Waals surface area contributed by atoms with Gasteiger partial charge in [0, 0.05) is 11.5 Å². The zero-order valence-corrected chi connectivity index (χ0v) is 15.2. The van der Waals surface area contributed by atoms with Gasteiger partial charge in [-0.1, -0.05) is 25.1 Å². The van der Waals surface area contributed by atoms with Gasteiger partial charge in [-0.15, -0.1) is 5.10 Å². The molecule has 0 amide bonds. The molecule has 3 heterocycles. The number of para-hydroxylation sites is 1. The van der Waals surface area contributed by atoms with Crippen molar-refractivity contribution in [2.24, 2.45) is 0 Å². The number of nitrogens with zero attached hydrogens (tertiary/aromatic N) is 5. The second-order valence-corrected chi connectivity index (χ2v) is 8.19. The van der Waals surface area contributed by atoms with E-state index >= 15 is 0 Å². The maximum Gasteiger partial charge on any atom is 0.433 e. The van der Waals surface area contributed by atoms with Crippen LogP contribution in [0.5, 0.6) is 0 Å². The molecule has 0 saturated carbocycles. The van der Waals surface area contributed by atoms with Crippen LogP contribution in [0.15, 0.2) is 47.6 Å². The van der Waals surface area contributed by atoms with Crippen molar-refractivity contribution in [1.82, 2.24) is 24.6 Å². The quantitative estimate of drug-likeness (QED) is 0.518. The molecule has 0 aliphatic heterocycles. The van der Waals surface area contributed by atoms with Gasteiger partial charge >= 0.3 is 6.18 Å². The molecule has 0 atom stereocenters. The summed E-state index contributed by atoms with van der Waals surface area (Å²) in [4.78, 5) is 11.7. The molecule has 3 aromatic heterocycles. The van der Waals surface area contributed by atoms with E-state index in [4.69, 9.17) is 0 Å². The van der Waals surface area contributed by atoms with Crippen molar-refractivity contribution in [3.8, 4) is 11.5 Å². The lowest BCUT2D eigenvalue weighted by Gasteiger charge is -2.08. The van der Waals surface area contributed by atoms with E-state index in [1.54, 1.807) is 24.3 Å². The largest absolute Gasteiger partial charge is 0.433 e. The Balaban J connectivity index is 1.98. The van der Waals surface area contributed by atoms with Crippen LogP contribution in [0.1, 0.15) is 12.6 Å². The fraction of sp³-hybridized carbons (Fsp3) is 0.176. The Bertz CT molecular complexity index is 1320. The predicted octanol–water partition coefficient (Wildman–Crippen LogP) is 3.15. The Hall–Kier alpha value is -3.08. The molecule has 144 valence electrons. The third-order valence-electron chi connectivity index (χ3n) is 4.14. The lowest BCUT2D eigenvalue weighted by Crippen LogP contribution is -2.08. The Morgan fingerprint density at radius 1 is 1.11 bits per heavy atom. The van der Waals surface area contributed by atoms with E-state index in [9.17, 15) is 21.6 Å². The number of pyridine rings is 1. The predicted molar refractivity (Wildman–Crippen MR) is 94.2 cm³/mol. The molecule has 1 aromatic carbocycles. The maximum atomic E-state index is 12.9. The van der Waals surface area contributed by atoms with E-state index in [2.05, 4.69) is 20.1 Å². The van der Waals surface area contributed by atoms with Crippen LogP contribution < -0.4 is 0 Å². The molecule has 0 spiro atoms. The molecule has 11 heteroatoms. The number of halogens is 3. The second kappa shape index (κ2) is 6.23. The molecule has 0 aliphatic carbocycles. The van der Waals surface area contributed by atoms with Crippen LogP contribution in [0.4, 0.5) is 13.2 Å². The van der Waals surface area contributed by atoms with Crippen LogP contribution in [-0.2, 0) is 16.0 Å². The third-order valence-corrected chi connectivity index (χ3v) is 5.88. The standard InChI is InChI=1S/C17H12F3N5O2S/c1-2-28(26,27)12-7-10-5-3-4-6-11(10)22-15(12)16-23-14-8-13(17(18,19)20)21-9-25(14)24-16/h3-9H,2H2,1H3. The van der Waals surface area contributed by atoms with E-state index in [1.165, 1.54) is 13.0 Å². The molecule has 0 saturated heterocycles. The Morgan fingerprint density at radius 2 is 1.86 bits per heavy atom. The molecular weight excluding hydrogens is 395 g/mol. The number of alkyl halides is 3. The summed E-state index contributed by atoms with van der Waals surface area (Å²) >= 11 is 0. The maximum absolute atomic E-state index is 12.9. The smallest absolute Gasteiger partial charge is 0.243 e. The molecule has 0 unspecified atom stereocenters. The van der Waals surface area contributed by atoms with E-state index < -0.39 is 21.7 Å². The second-order valence-electron chi connectivity index (χ2n) is 5.94. The zero-order valence-electron chi connectivity index (χ0n) is 14.3. The minimum atomic E-state index is -4.63. The lowest BCUT2D eigenvalue weighted by atomic mass is 10.2. The van der Waals surface area contributed by atoms with Gasteiger partial charge in [0.05, 0.1) is 16.2 Å². The molecular formula is C17H12F3N5O2S. The van der Waals surface area contributed by atoms with Crippen molar-refractivity contribution in [3.05, 3.63) is 48.4 Å². The van der Waals surface area contributed by atoms with Crippen LogP contribution in [0.3, 0.4) is 0 Å². The van der Waals surface area contributed by atoms with Crippen molar-refractivity contribution in [2.45, 2.75) is 18.0 Å². The summed E-state index contributed by atoms with van der Waals surface area (Å²) in [7, 11) is -3.68. The first-order valence-corrected chi connectivity index (χ1v) is 9.77. The van der Waals surface area contributed by atoms with Gasteiger partial charge in [-0.25, -0.2) is 27.9 Å². The van der Waals surface area contributed by atoms with E-state index in [0.717, 1.165) is 16.9 Å². The van der Waals surface area contributed by atoms with Gasteiger partial charge in [-0.2, -0.15) is 13.2 Å². The summed E-state index contributed by atoms with van der Waals surface area (Å²) in [6, 6.07) is 9.12. The van der Waals surface area contributed by atoms with Gasteiger partial charge in [-0.05, 0) is 12.1 Å². The van der Waals surface area contributed by atoms with Crippen molar-refractivity contribution in [2.75, 3.05) is 5.75 Å². The van der Waals surface area contributed by atoms with Crippen LogP contribution >= 0.6 is 0 Å². The monoisotopic (exact) mass is 407 g/mol. The minimum absolute atomic E-state index is 0.0159. The van der Waals surface area contributed by atoms with Crippen LogP contribution in [0.25, 0.3) is 28.1 Å². The molecule has 4 aromatic rings. The highest BCUT2D eigenvalue weighted by molar-refractivity contribution is 7.91. The van der Waals surface area contributed by atoms with Crippen molar-refractivity contribution < 1.29 is 21.6 Å². The molecule has 28 heavy (non-hydrogen) atoms. The topological polar surface area (TPSA) is 90.1 Å². The number of hydrogen-bond donors (Lipinski definition) is 0. The average molecular weight is 407 g/mol. The number of hydrogen-bond acceptors (Lipinski definition) is 6. The van der Waals surface area contributed by atoms with Gasteiger partial charge in [0.25, 0.3) is 0 Å². The fourth-order valence-electron chi connectivity index (χ4n) is 2.70. The summed E-state index contributed by atoms with van der Waals surface area (Å²) in [5.74, 6) is -0.272. The SMILES string of the molecule is CCS(=O)(=O)c1cc2ccccc2nc1-c1nc2cc(C(F)(F)F)ncn2n1. The number of rotatable bonds is 3. The highest BCUT2D eigenvalue weighted by Crippen LogP contribution is 2.30. The summed E-state index contributed by atoms with van der Waals surface area (Å²) in [5.41, 5.74) is -0.739. The van der Waals surface area contributed by atoms with Crippen LogP contribution in [0.2, 0.25) is 0 Å². The summed E-state index contributed by atoms with van der Waals surface area (Å²) in [5, 5.41) is 4.68. The third kappa shape index (κ3) is 3.07. The number of aromatic nitrogens is 5. The van der Waals surface area contributed by atoms with Gasteiger partial charge < -0.3 is 0 Å². The highest BCUT2D eigenvalue weighted by atomic mass is 32.2. The molecule has 4 rings (SSSR count). The van der Waals surface area contributed by atoms with Gasteiger partial charge in [0.1, 0.15) is 17.7 Å². The average Bonchev–Trinajstić information content (AvgIpc) is 3.09. The summed E-state index contributed by atoms with van der Waals surface area (Å²) in [6.45, 7) is 1.49. The Morgan fingerprint density at radius 3 is 2.57 bits per heavy atom. The molecule has 0 fully saturated rings. The lowest BCUT2D eigenvalue weighted by molar-refractivity contribution is -0.141. The van der Waals surface area contributed by atoms with Crippen LogP contribution in [0, 0.1) is 0 Å². The van der Waals surface area contributed by atoms with Gasteiger partial charge in [-0.3, -0.25) is 0 Å². The Labute approximate surface area is 156 Å². The highest BCUT2D eigenvalue weighted by Gasteiger charge is 2.33. The Kier molecular flexibility index (Phi) is 4.07. The zero-order chi connectivity index (χ0) is 20.1. The number of sulfone groups is 1. The van der Waals surface area contributed by atoms with Crippen molar-refractivity contribution in [3.63, 3.8) is 0 Å². The van der Waals surface area contributed by atoms with Gasteiger partial charge in [0.15, 0.2) is 15.5 Å². The van der Waals surface area contributed by atoms with E-state index in [-0.39, 0.29) is 27.8 Å². The first kappa shape index (κ1) is 18.3. The molecule has 0 bridgehead atoms. The normalized spacial score (nSPS) is 12.7. The van der Waals surface area contributed by atoms with Crippen molar-refractivity contribution >= 4 is 26.4 Å². The first-order valence-electron chi connectivity index (χ1n) is 8.11. The van der Waals surface area contributed by atoms with E-state index in [1.807, 2.05) is 0 Å². The summed E-state index contributed by atoms with van der Waals surface area (Å²) in [6.07, 6.45) is -3.75. The number of fused-ring (bicyclic) bond motifs is 2. The molecule has 0 N–H and O–H groups in total. The van der Waals surface area contributed by atoms with Crippen LogP contribution in [-0.4, -0.2) is 38.7 Å². The first-order chi connectivity index (χ1) is 13.2. The molecule has 7 nitrogen and oxygen atoms in total. The molecule has 0 aliphatic rings. The molecule has 0 radical (unpaired) electrons. The van der Waals surface area contributed by atoms with Gasteiger partial charge in [0.2, 0.25) is 5.82 Å². The number of benzene rings is 1. The fourth-order valence-corrected chi connectivity index (χ4v) is 3.75. The van der Waals surface area contributed by atoms with Crippen molar-refractivity contribution in [1.29, 1.82) is 0 Å². The van der Waals surface area contributed by atoms with E-state index in [0.29, 0.717) is 10.9 Å². The minimum Gasteiger partial charge on any atom is -0.243 e.